The molecule has 3 aromatic rings. The van der Waals surface area contributed by atoms with E-state index >= 15 is 0 Å². The standard InChI is InChI=1S/C22H20N2O3/c1-26-11-12-27-22(25)18(14-23)13-19-16-24(15-17-7-3-2-4-8-17)21-10-6-5-9-20(19)21/h2-10,13,16H,11-12,15H2,1H3/b18-13-. The van der Waals surface area contributed by atoms with Gasteiger partial charge < -0.3 is 14.0 Å². The van der Waals surface area contributed by atoms with E-state index in [0.717, 1.165) is 16.5 Å². The number of aromatic nitrogens is 1. The zero-order valence-electron chi connectivity index (χ0n) is 15.1. The molecule has 0 atom stereocenters. The molecule has 0 aliphatic rings. The van der Waals surface area contributed by atoms with Gasteiger partial charge in [-0.1, -0.05) is 48.5 Å². The summed E-state index contributed by atoms with van der Waals surface area (Å²) in [7, 11) is 1.52. The minimum absolute atomic E-state index is 0.0336. The van der Waals surface area contributed by atoms with Crippen molar-refractivity contribution in [1.29, 1.82) is 5.26 Å². The zero-order valence-corrected chi connectivity index (χ0v) is 15.1. The van der Waals surface area contributed by atoms with Crippen molar-refractivity contribution >= 4 is 22.9 Å². The Balaban J connectivity index is 1.94. The largest absolute Gasteiger partial charge is 0.459 e. The number of methoxy groups -OCH3 is 1. The quantitative estimate of drug-likeness (QED) is 0.278. The van der Waals surface area contributed by atoms with Crippen LogP contribution in [-0.2, 0) is 20.8 Å². The first kappa shape index (κ1) is 18.4. The summed E-state index contributed by atoms with van der Waals surface area (Å²) in [6, 6.07) is 20.0. The summed E-state index contributed by atoms with van der Waals surface area (Å²) in [4.78, 5) is 12.1. The summed E-state index contributed by atoms with van der Waals surface area (Å²) in [5, 5.41) is 10.3. The predicted octanol–water partition coefficient (Wildman–Crippen LogP) is 3.79. The Morgan fingerprint density at radius 3 is 2.59 bits per heavy atom. The molecule has 5 nitrogen and oxygen atoms in total. The number of para-hydroxylation sites is 1. The van der Waals surface area contributed by atoms with Crippen molar-refractivity contribution in [2.24, 2.45) is 0 Å². The Morgan fingerprint density at radius 2 is 1.85 bits per heavy atom. The summed E-state index contributed by atoms with van der Waals surface area (Å²) in [5.41, 5.74) is 2.99. The summed E-state index contributed by atoms with van der Waals surface area (Å²) in [5.74, 6) is -0.644. The first-order valence-electron chi connectivity index (χ1n) is 8.62. The summed E-state index contributed by atoms with van der Waals surface area (Å²) >= 11 is 0. The van der Waals surface area contributed by atoms with Gasteiger partial charge in [-0.15, -0.1) is 0 Å². The number of nitrogens with zero attached hydrogens (tertiary/aromatic N) is 2. The average molecular weight is 360 g/mol. The molecule has 136 valence electrons. The maximum Gasteiger partial charge on any atom is 0.348 e. The second kappa shape index (κ2) is 8.84. The van der Waals surface area contributed by atoms with Crippen molar-refractivity contribution in [3.63, 3.8) is 0 Å². The van der Waals surface area contributed by atoms with Gasteiger partial charge in [-0.2, -0.15) is 5.26 Å². The lowest BCUT2D eigenvalue weighted by atomic mass is 10.1. The van der Waals surface area contributed by atoms with Crippen molar-refractivity contribution < 1.29 is 14.3 Å². The minimum atomic E-state index is -0.644. The van der Waals surface area contributed by atoms with Crippen LogP contribution in [0.25, 0.3) is 17.0 Å². The van der Waals surface area contributed by atoms with Gasteiger partial charge >= 0.3 is 5.97 Å². The maximum absolute atomic E-state index is 12.1. The normalized spacial score (nSPS) is 11.3. The molecule has 2 aromatic carbocycles. The number of fused-ring (bicyclic) bond motifs is 1. The molecule has 0 radical (unpaired) electrons. The summed E-state index contributed by atoms with van der Waals surface area (Å²) < 4.78 is 12.0. The Hall–Kier alpha value is -3.36. The highest BCUT2D eigenvalue weighted by Gasteiger charge is 2.13. The molecule has 0 spiro atoms. The molecule has 0 aliphatic carbocycles. The summed E-state index contributed by atoms with van der Waals surface area (Å²) in [6.45, 7) is 1.11. The molecule has 0 aliphatic heterocycles. The van der Waals surface area contributed by atoms with E-state index in [1.807, 2.05) is 54.7 Å². The highest BCUT2D eigenvalue weighted by molar-refractivity contribution is 6.01. The van der Waals surface area contributed by atoms with E-state index in [1.54, 1.807) is 6.08 Å². The maximum atomic E-state index is 12.1. The van der Waals surface area contributed by atoms with E-state index in [0.29, 0.717) is 13.2 Å². The van der Waals surface area contributed by atoms with Crippen molar-refractivity contribution in [2.75, 3.05) is 20.3 Å². The summed E-state index contributed by atoms with van der Waals surface area (Å²) in [6.07, 6.45) is 3.54. The van der Waals surface area contributed by atoms with Gasteiger partial charge in [0.2, 0.25) is 0 Å². The van der Waals surface area contributed by atoms with Gasteiger partial charge in [0, 0.05) is 36.3 Å². The van der Waals surface area contributed by atoms with Crippen LogP contribution in [0.1, 0.15) is 11.1 Å². The molecule has 0 N–H and O–H groups in total. The topological polar surface area (TPSA) is 64.2 Å². The number of carbonyl (C=O) groups excluding carboxylic acids is 1. The Bertz CT molecular complexity index is 997. The first-order chi connectivity index (χ1) is 13.2. The molecule has 3 rings (SSSR count). The third-order valence-corrected chi connectivity index (χ3v) is 4.18. The number of rotatable bonds is 7. The van der Waals surface area contributed by atoms with Gasteiger partial charge in [-0.3, -0.25) is 0 Å². The van der Waals surface area contributed by atoms with Crippen LogP contribution in [0.4, 0.5) is 0 Å². The molecule has 0 unspecified atom stereocenters. The third kappa shape index (κ3) is 4.43. The second-order valence-corrected chi connectivity index (χ2v) is 6.01. The van der Waals surface area contributed by atoms with Crippen molar-refractivity contribution in [3.05, 3.63) is 77.5 Å². The fourth-order valence-corrected chi connectivity index (χ4v) is 2.89. The smallest absolute Gasteiger partial charge is 0.348 e. The zero-order chi connectivity index (χ0) is 19.1. The van der Waals surface area contributed by atoms with Crippen LogP contribution in [0.15, 0.2) is 66.4 Å². The number of hydrogen-bond donors (Lipinski definition) is 0. The third-order valence-electron chi connectivity index (χ3n) is 4.18. The lowest BCUT2D eigenvalue weighted by Crippen LogP contribution is -2.11. The molecule has 0 amide bonds. The molecule has 5 heteroatoms. The van der Waals surface area contributed by atoms with Crippen LogP contribution in [0.5, 0.6) is 0 Å². The van der Waals surface area contributed by atoms with Crippen LogP contribution in [0.2, 0.25) is 0 Å². The molecule has 0 saturated heterocycles. The molecule has 0 saturated carbocycles. The molecule has 27 heavy (non-hydrogen) atoms. The number of carbonyl (C=O) groups is 1. The van der Waals surface area contributed by atoms with Gasteiger partial charge in [0.1, 0.15) is 18.2 Å². The lowest BCUT2D eigenvalue weighted by Gasteiger charge is -2.05. The van der Waals surface area contributed by atoms with E-state index in [-0.39, 0.29) is 12.2 Å². The molecule has 1 heterocycles. The van der Waals surface area contributed by atoms with E-state index in [9.17, 15) is 10.1 Å². The van der Waals surface area contributed by atoms with Crippen LogP contribution in [-0.4, -0.2) is 30.9 Å². The SMILES string of the molecule is COCCOC(=O)/C(C#N)=C\c1cn(Cc2ccccc2)c2ccccc12. The van der Waals surface area contributed by atoms with Gasteiger partial charge in [0.05, 0.1) is 6.61 Å². The number of nitriles is 1. The van der Waals surface area contributed by atoms with Crippen LogP contribution in [0, 0.1) is 11.3 Å². The predicted molar refractivity (Wildman–Crippen MR) is 104 cm³/mol. The average Bonchev–Trinajstić information content (AvgIpc) is 3.04. The van der Waals surface area contributed by atoms with Gasteiger partial charge in [0.15, 0.2) is 0 Å². The van der Waals surface area contributed by atoms with E-state index in [2.05, 4.69) is 16.7 Å². The fraction of sp³-hybridized carbons (Fsp3) is 0.182. The van der Waals surface area contributed by atoms with E-state index < -0.39 is 5.97 Å². The molecular formula is C22H20N2O3. The first-order valence-corrected chi connectivity index (χ1v) is 8.62. The lowest BCUT2D eigenvalue weighted by molar-refractivity contribution is -0.139. The molecule has 0 fully saturated rings. The van der Waals surface area contributed by atoms with Crippen LogP contribution >= 0.6 is 0 Å². The van der Waals surface area contributed by atoms with Crippen molar-refractivity contribution in [1.82, 2.24) is 4.57 Å². The van der Waals surface area contributed by atoms with Crippen LogP contribution < -0.4 is 0 Å². The molecule has 1 aromatic heterocycles. The number of esters is 1. The Morgan fingerprint density at radius 1 is 1.11 bits per heavy atom. The van der Waals surface area contributed by atoms with Crippen LogP contribution in [0.3, 0.4) is 0 Å². The van der Waals surface area contributed by atoms with Gasteiger partial charge in [-0.25, -0.2) is 4.79 Å². The highest BCUT2D eigenvalue weighted by Crippen LogP contribution is 2.24. The number of hydrogen-bond acceptors (Lipinski definition) is 4. The second-order valence-electron chi connectivity index (χ2n) is 6.01. The number of benzene rings is 2. The highest BCUT2D eigenvalue weighted by atomic mass is 16.6. The number of ether oxygens (including phenoxy) is 2. The van der Waals surface area contributed by atoms with E-state index in [1.165, 1.54) is 12.7 Å². The minimum Gasteiger partial charge on any atom is -0.459 e. The van der Waals surface area contributed by atoms with Crippen molar-refractivity contribution in [2.45, 2.75) is 6.54 Å². The van der Waals surface area contributed by atoms with Crippen molar-refractivity contribution in [3.8, 4) is 6.07 Å². The monoisotopic (exact) mass is 360 g/mol. The fourth-order valence-electron chi connectivity index (χ4n) is 2.89. The Kier molecular flexibility index (Phi) is 6.03. The molecular weight excluding hydrogens is 340 g/mol. The van der Waals surface area contributed by atoms with E-state index in [4.69, 9.17) is 9.47 Å². The molecule has 0 bridgehead atoms. The van der Waals surface area contributed by atoms with Gasteiger partial charge in [-0.05, 0) is 17.7 Å². The Labute approximate surface area is 158 Å². The van der Waals surface area contributed by atoms with Gasteiger partial charge in [0.25, 0.3) is 0 Å².